The molecule has 7 nitrogen and oxygen atoms in total. The third-order valence-corrected chi connectivity index (χ3v) is 5.28. The molecular weight excluding hydrogens is 358 g/mol. The number of nitrogens with zero attached hydrogens (tertiary/aromatic N) is 2. The van der Waals surface area contributed by atoms with Gasteiger partial charge in [-0.2, -0.15) is 0 Å². The number of ether oxygens (including phenoxy) is 1. The number of halogens is 1. The number of nitro benzene ring substituents is 1. The van der Waals surface area contributed by atoms with Gasteiger partial charge >= 0.3 is 11.8 Å². The molecule has 1 aromatic carbocycles. The van der Waals surface area contributed by atoms with Crippen LogP contribution in [0.3, 0.4) is 0 Å². The second kappa shape index (κ2) is 6.61. The van der Waals surface area contributed by atoms with Gasteiger partial charge in [0.05, 0.1) is 4.92 Å². The molecule has 1 saturated carbocycles. The van der Waals surface area contributed by atoms with Crippen LogP contribution in [0.2, 0.25) is 5.02 Å². The molecule has 2 fully saturated rings. The fourth-order valence-corrected chi connectivity index (χ4v) is 4.12. The fourth-order valence-electron chi connectivity index (χ4n) is 3.88. The summed E-state index contributed by atoms with van der Waals surface area (Å²) in [6, 6.07) is 5.04. The minimum Gasteiger partial charge on any atom is -0.444 e. The highest BCUT2D eigenvalue weighted by atomic mass is 35.5. The molecule has 1 heterocycles. The van der Waals surface area contributed by atoms with Gasteiger partial charge in [-0.25, -0.2) is 4.79 Å². The summed E-state index contributed by atoms with van der Waals surface area (Å²) in [5, 5.41) is 14.6. The first-order valence-electron chi connectivity index (χ1n) is 8.76. The van der Waals surface area contributed by atoms with Crippen molar-refractivity contribution in [2.45, 2.75) is 51.7 Å². The van der Waals surface area contributed by atoms with E-state index in [1.54, 1.807) is 17.0 Å². The number of carbonyl (C=O) groups is 1. The van der Waals surface area contributed by atoms with Crippen molar-refractivity contribution in [2.75, 3.05) is 18.4 Å². The maximum atomic E-state index is 12.2. The van der Waals surface area contributed by atoms with E-state index in [2.05, 4.69) is 5.32 Å². The minimum absolute atomic E-state index is 0.0852. The summed E-state index contributed by atoms with van der Waals surface area (Å²) in [7, 11) is 0. The van der Waals surface area contributed by atoms with Crippen LogP contribution in [0.15, 0.2) is 18.2 Å². The van der Waals surface area contributed by atoms with Gasteiger partial charge in [-0.1, -0.05) is 17.7 Å². The molecule has 0 radical (unpaired) electrons. The minimum atomic E-state index is -0.498. The summed E-state index contributed by atoms with van der Waals surface area (Å²) in [6.07, 6.45) is 2.41. The summed E-state index contributed by atoms with van der Waals surface area (Å²) in [5.41, 5.74) is -0.0504. The Morgan fingerprint density at radius 3 is 2.73 bits per heavy atom. The van der Waals surface area contributed by atoms with Crippen LogP contribution in [0.4, 0.5) is 16.2 Å². The van der Waals surface area contributed by atoms with E-state index in [1.807, 2.05) is 20.8 Å². The van der Waals surface area contributed by atoms with Gasteiger partial charge in [0.2, 0.25) is 0 Å². The third kappa shape index (κ3) is 3.87. The van der Waals surface area contributed by atoms with Crippen LogP contribution in [0.25, 0.3) is 0 Å². The van der Waals surface area contributed by atoms with E-state index in [9.17, 15) is 14.9 Å². The number of benzene rings is 1. The van der Waals surface area contributed by atoms with Gasteiger partial charge < -0.3 is 15.0 Å². The number of para-hydroxylation sites is 1. The van der Waals surface area contributed by atoms with Crippen LogP contribution in [-0.2, 0) is 4.74 Å². The van der Waals surface area contributed by atoms with E-state index in [0.717, 1.165) is 19.3 Å². The first-order valence-corrected chi connectivity index (χ1v) is 9.14. The highest BCUT2D eigenvalue weighted by Gasteiger charge is 2.50. The van der Waals surface area contributed by atoms with Crippen LogP contribution in [0.1, 0.15) is 40.0 Å². The number of amides is 1. The Balaban J connectivity index is 1.58. The number of nitrogens with one attached hydrogen (secondary N) is 1. The number of nitro groups is 1. The smallest absolute Gasteiger partial charge is 0.410 e. The first-order chi connectivity index (χ1) is 12.1. The van der Waals surface area contributed by atoms with Crippen LogP contribution in [0, 0.1) is 15.5 Å². The Kier molecular flexibility index (Phi) is 4.77. The summed E-state index contributed by atoms with van der Waals surface area (Å²) < 4.78 is 5.44. The Labute approximate surface area is 157 Å². The molecule has 1 N–H and O–H groups in total. The van der Waals surface area contributed by atoms with Crippen molar-refractivity contribution in [1.82, 2.24) is 4.90 Å². The average molecular weight is 382 g/mol. The maximum absolute atomic E-state index is 12.2. The highest BCUT2D eigenvalue weighted by Crippen LogP contribution is 2.50. The normalized spacial score (nSPS) is 25.1. The van der Waals surface area contributed by atoms with Crippen LogP contribution in [-0.4, -0.2) is 40.6 Å². The molecule has 1 amide bonds. The van der Waals surface area contributed by atoms with Crippen LogP contribution >= 0.6 is 11.6 Å². The molecule has 142 valence electrons. The Bertz CT molecular complexity index is 726. The van der Waals surface area contributed by atoms with E-state index in [0.29, 0.717) is 18.8 Å². The number of rotatable bonds is 3. The first kappa shape index (κ1) is 18.8. The topological polar surface area (TPSA) is 84.7 Å². The average Bonchev–Trinajstić information content (AvgIpc) is 2.90. The van der Waals surface area contributed by atoms with Crippen molar-refractivity contribution >= 4 is 29.1 Å². The van der Waals surface area contributed by atoms with Crippen molar-refractivity contribution in [3.8, 4) is 0 Å². The van der Waals surface area contributed by atoms with Crippen molar-refractivity contribution in [3.63, 3.8) is 0 Å². The van der Waals surface area contributed by atoms with Gasteiger partial charge in [-0.15, -0.1) is 0 Å². The molecule has 0 unspecified atom stereocenters. The summed E-state index contributed by atoms with van der Waals surface area (Å²) >= 11 is 5.96. The van der Waals surface area contributed by atoms with E-state index in [1.165, 1.54) is 6.07 Å². The van der Waals surface area contributed by atoms with Gasteiger partial charge in [0.25, 0.3) is 0 Å². The summed E-state index contributed by atoms with van der Waals surface area (Å²) in [4.78, 5) is 24.8. The Hall–Kier alpha value is -2.02. The molecule has 8 heteroatoms. The Morgan fingerprint density at radius 2 is 2.12 bits per heavy atom. The van der Waals surface area contributed by atoms with Gasteiger partial charge in [-0.05, 0) is 57.6 Å². The lowest BCUT2D eigenvalue weighted by atomic mass is 9.65. The highest BCUT2D eigenvalue weighted by molar-refractivity contribution is 6.33. The monoisotopic (exact) mass is 381 g/mol. The van der Waals surface area contributed by atoms with Gasteiger partial charge in [0, 0.05) is 19.1 Å². The van der Waals surface area contributed by atoms with E-state index < -0.39 is 10.5 Å². The third-order valence-electron chi connectivity index (χ3n) is 4.98. The number of carbonyl (C=O) groups excluding carboxylic acids is 1. The molecular formula is C18H24ClN3O4. The molecule has 1 aromatic rings. The second-order valence-corrected chi connectivity index (χ2v) is 8.70. The van der Waals surface area contributed by atoms with E-state index in [4.69, 9.17) is 16.3 Å². The maximum Gasteiger partial charge on any atom is 0.410 e. The predicted octanol–water partition coefficient (Wildman–Crippen LogP) is 4.45. The van der Waals surface area contributed by atoms with Gasteiger partial charge in [0.1, 0.15) is 16.3 Å². The molecule has 3 rings (SSSR count). The van der Waals surface area contributed by atoms with Crippen molar-refractivity contribution in [1.29, 1.82) is 0 Å². The van der Waals surface area contributed by atoms with Crippen LogP contribution in [0.5, 0.6) is 0 Å². The fraction of sp³-hybridized carbons (Fsp3) is 0.611. The lowest BCUT2D eigenvalue weighted by Crippen LogP contribution is -2.47. The lowest BCUT2D eigenvalue weighted by Gasteiger charge is -2.45. The number of likely N-dealkylation sites (tertiary alicyclic amines) is 1. The zero-order valence-corrected chi connectivity index (χ0v) is 16.0. The Morgan fingerprint density at radius 1 is 1.42 bits per heavy atom. The molecule has 0 aromatic heterocycles. The molecule has 1 spiro atoms. The molecule has 26 heavy (non-hydrogen) atoms. The quantitative estimate of drug-likeness (QED) is 0.617. The van der Waals surface area contributed by atoms with Crippen LogP contribution < -0.4 is 5.32 Å². The molecule has 1 saturated heterocycles. The van der Waals surface area contributed by atoms with Crippen molar-refractivity contribution in [3.05, 3.63) is 33.3 Å². The largest absolute Gasteiger partial charge is 0.444 e. The number of anilines is 1. The number of hydrogen-bond donors (Lipinski definition) is 1. The van der Waals surface area contributed by atoms with Gasteiger partial charge in [0.15, 0.2) is 0 Å². The van der Waals surface area contributed by atoms with Crippen molar-refractivity contribution in [2.24, 2.45) is 5.41 Å². The summed E-state index contributed by atoms with van der Waals surface area (Å²) in [5.74, 6) is 0. The predicted molar refractivity (Wildman–Crippen MR) is 99.6 cm³/mol. The molecule has 0 bridgehead atoms. The molecule has 0 atom stereocenters. The standard InChI is InChI=1S/C18H24ClN3O4/c1-17(2,3)26-16(23)21-8-7-18(11-21)9-12(10-18)20-14-6-4-5-13(19)15(14)22(24)25/h4-6,12,20H,7-11H2,1-3H3. The molecule has 2 aliphatic rings. The van der Waals surface area contributed by atoms with Crippen molar-refractivity contribution < 1.29 is 14.5 Å². The van der Waals surface area contributed by atoms with E-state index >= 15 is 0 Å². The SMILES string of the molecule is CC(C)(C)OC(=O)N1CCC2(CC(Nc3cccc(Cl)c3[N+](=O)[O-])C2)C1. The second-order valence-electron chi connectivity index (χ2n) is 8.29. The number of hydrogen-bond acceptors (Lipinski definition) is 5. The molecule has 1 aliphatic heterocycles. The molecule has 1 aliphatic carbocycles. The summed E-state index contributed by atoms with van der Waals surface area (Å²) in [6.45, 7) is 6.95. The van der Waals surface area contributed by atoms with Gasteiger partial charge in [-0.3, -0.25) is 10.1 Å². The lowest BCUT2D eigenvalue weighted by molar-refractivity contribution is -0.383. The zero-order valence-electron chi connectivity index (χ0n) is 15.3. The van der Waals surface area contributed by atoms with E-state index in [-0.39, 0.29) is 28.3 Å². The zero-order chi connectivity index (χ0) is 19.1.